The van der Waals surface area contributed by atoms with Gasteiger partial charge in [0.1, 0.15) is 11.3 Å². The first kappa shape index (κ1) is 17.8. The van der Waals surface area contributed by atoms with Crippen molar-refractivity contribution in [2.45, 2.75) is 33.6 Å². The lowest BCUT2D eigenvalue weighted by Gasteiger charge is -2.21. The number of rotatable bonds is 4. The zero-order chi connectivity index (χ0) is 18.7. The second-order valence-corrected chi connectivity index (χ2v) is 6.98. The summed E-state index contributed by atoms with van der Waals surface area (Å²) in [5.41, 5.74) is 3.03. The van der Waals surface area contributed by atoms with Crippen LogP contribution >= 0.6 is 0 Å². The van der Waals surface area contributed by atoms with Crippen molar-refractivity contribution in [3.05, 3.63) is 71.0 Å². The predicted octanol–water partition coefficient (Wildman–Crippen LogP) is 5.18. The Kier molecular flexibility index (Phi) is 4.86. The zero-order valence-electron chi connectivity index (χ0n) is 15.3. The molecule has 1 N–H and O–H groups in total. The van der Waals surface area contributed by atoms with Crippen molar-refractivity contribution in [3.8, 4) is 11.8 Å². The van der Waals surface area contributed by atoms with E-state index >= 15 is 0 Å². The molecule has 3 nitrogen and oxygen atoms in total. The van der Waals surface area contributed by atoms with Crippen LogP contribution in [0.15, 0.2) is 52.9 Å². The summed E-state index contributed by atoms with van der Waals surface area (Å²) in [6.45, 7) is 5.69. The van der Waals surface area contributed by atoms with Crippen molar-refractivity contribution in [2.24, 2.45) is 5.41 Å². The number of hydrogen-bond donors (Lipinski definition) is 1. The van der Waals surface area contributed by atoms with Crippen LogP contribution in [0.3, 0.4) is 0 Å². The second kappa shape index (κ2) is 7.09. The van der Waals surface area contributed by atoms with Gasteiger partial charge >= 0.3 is 5.97 Å². The molecule has 2 aromatic carbocycles. The third-order valence-corrected chi connectivity index (χ3v) is 4.83. The van der Waals surface area contributed by atoms with E-state index in [1.165, 1.54) is 5.56 Å². The summed E-state index contributed by atoms with van der Waals surface area (Å²) in [6.07, 6.45) is 0.921. The van der Waals surface area contributed by atoms with Crippen LogP contribution in [0.4, 0.5) is 0 Å². The van der Waals surface area contributed by atoms with E-state index in [9.17, 15) is 9.90 Å². The maximum absolute atomic E-state index is 11.5. The Morgan fingerprint density at radius 1 is 1.08 bits per heavy atom. The van der Waals surface area contributed by atoms with Crippen LogP contribution in [-0.4, -0.2) is 11.1 Å². The van der Waals surface area contributed by atoms with Crippen molar-refractivity contribution < 1.29 is 14.3 Å². The van der Waals surface area contributed by atoms with Gasteiger partial charge in [0.15, 0.2) is 0 Å². The average Bonchev–Trinajstić information content (AvgIpc) is 3.02. The number of benzene rings is 2. The largest absolute Gasteiger partial charge is 0.481 e. The van der Waals surface area contributed by atoms with Crippen molar-refractivity contribution in [2.75, 3.05) is 0 Å². The summed E-state index contributed by atoms with van der Waals surface area (Å²) in [4.78, 5) is 11.5. The molecule has 1 atom stereocenters. The molecule has 1 heterocycles. The van der Waals surface area contributed by atoms with Crippen LogP contribution in [0.25, 0.3) is 11.0 Å². The third-order valence-electron chi connectivity index (χ3n) is 4.83. The molecule has 3 heteroatoms. The molecule has 0 radical (unpaired) electrons. The minimum Gasteiger partial charge on any atom is -0.481 e. The summed E-state index contributed by atoms with van der Waals surface area (Å²) >= 11 is 0. The van der Waals surface area contributed by atoms with E-state index in [2.05, 4.69) is 18.8 Å². The van der Waals surface area contributed by atoms with Gasteiger partial charge in [0, 0.05) is 22.9 Å². The summed E-state index contributed by atoms with van der Waals surface area (Å²) in [6, 6.07) is 15.8. The summed E-state index contributed by atoms with van der Waals surface area (Å²) in [5.74, 6) is 6.23. The van der Waals surface area contributed by atoms with Gasteiger partial charge in [0.25, 0.3) is 0 Å². The van der Waals surface area contributed by atoms with Crippen molar-refractivity contribution in [1.82, 2.24) is 0 Å². The Hall–Kier alpha value is -2.99. The second-order valence-electron chi connectivity index (χ2n) is 6.98. The Bertz CT molecular complexity index is 999. The van der Waals surface area contributed by atoms with Gasteiger partial charge in [0.2, 0.25) is 0 Å². The number of carboxylic acids is 1. The summed E-state index contributed by atoms with van der Waals surface area (Å²) in [5, 5.41) is 10.4. The highest BCUT2D eigenvalue weighted by atomic mass is 16.4. The quantitative estimate of drug-likeness (QED) is 0.662. The van der Waals surface area contributed by atoms with Gasteiger partial charge in [-0.1, -0.05) is 36.5 Å². The van der Waals surface area contributed by atoms with Gasteiger partial charge in [-0.05, 0) is 56.7 Å². The number of hydrogen-bond acceptors (Lipinski definition) is 2. The van der Waals surface area contributed by atoms with E-state index in [1.54, 1.807) is 6.92 Å². The molecular formula is C23H22O3. The number of aryl methyl sites for hydroxylation is 1. The Labute approximate surface area is 153 Å². The van der Waals surface area contributed by atoms with E-state index < -0.39 is 11.4 Å². The molecule has 0 aliphatic heterocycles. The molecule has 26 heavy (non-hydrogen) atoms. The van der Waals surface area contributed by atoms with Crippen molar-refractivity contribution >= 4 is 16.9 Å². The Morgan fingerprint density at radius 2 is 1.73 bits per heavy atom. The molecule has 0 saturated heterocycles. The van der Waals surface area contributed by atoms with Gasteiger partial charge in [-0.25, -0.2) is 0 Å². The lowest BCUT2D eigenvalue weighted by atomic mass is 9.83. The van der Waals surface area contributed by atoms with Crippen LogP contribution in [0.5, 0.6) is 0 Å². The fourth-order valence-corrected chi connectivity index (χ4v) is 2.78. The summed E-state index contributed by atoms with van der Waals surface area (Å²) in [7, 11) is 0. The number of aliphatic carboxylic acids is 1. The molecule has 0 aliphatic carbocycles. The zero-order valence-corrected chi connectivity index (χ0v) is 15.3. The molecule has 0 bridgehead atoms. The molecule has 0 aliphatic rings. The van der Waals surface area contributed by atoms with Crippen LogP contribution in [0.1, 0.15) is 42.7 Å². The van der Waals surface area contributed by atoms with Gasteiger partial charge in [-0.15, -0.1) is 0 Å². The minimum absolute atomic E-state index is 0.373. The molecule has 0 fully saturated rings. The SMILES string of the molecule is CC[C@](C)(Cc1cc2cc(C#Cc3ccc(C)cc3)ccc2o1)C(=O)O. The minimum atomic E-state index is -0.818. The molecule has 0 saturated carbocycles. The Morgan fingerprint density at radius 3 is 2.38 bits per heavy atom. The Balaban J connectivity index is 1.86. The number of carboxylic acid groups (broad SMARTS) is 1. The predicted molar refractivity (Wildman–Crippen MR) is 103 cm³/mol. The average molecular weight is 346 g/mol. The van der Waals surface area contributed by atoms with Crippen LogP contribution in [-0.2, 0) is 11.2 Å². The lowest BCUT2D eigenvalue weighted by Crippen LogP contribution is -2.28. The first-order chi connectivity index (χ1) is 12.4. The molecule has 132 valence electrons. The van der Waals surface area contributed by atoms with Crippen molar-refractivity contribution in [3.63, 3.8) is 0 Å². The first-order valence-electron chi connectivity index (χ1n) is 8.74. The normalized spacial score (nSPS) is 13.0. The number of furan rings is 1. The van der Waals surface area contributed by atoms with Gasteiger partial charge < -0.3 is 9.52 Å². The maximum atomic E-state index is 11.5. The van der Waals surface area contributed by atoms with Crippen LogP contribution in [0, 0.1) is 24.2 Å². The number of carbonyl (C=O) groups is 1. The molecule has 3 aromatic rings. The van der Waals surface area contributed by atoms with E-state index in [4.69, 9.17) is 4.42 Å². The highest BCUT2D eigenvalue weighted by Gasteiger charge is 2.32. The smallest absolute Gasteiger partial charge is 0.309 e. The molecule has 0 spiro atoms. The van der Waals surface area contributed by atoms with Gasteiger partial charge in [-0.3, -0.25) is 4.79 Å². The molecule has 1 aromatic heterocycles. The highest BCUT2D eigenvalue weighted by Crippen LogP contribution is 2.30. The monoisotopic (exact) mass is 346 g/mol. The van der Waals surface area contributed by atoms with Gasteiger partial charge in [-0.2, -0.15) is 0 Å². The van der Waals surface area contributed by atoms with E-state index in [0.717, 1.165) is 22.1 Å². The summed E-state index contributed by atoms with van der Waals surface area (Å²) < 4.78 is 5.84. The lowest BCUT2D eigenvalue weighted by molar-refractivity contribution is -0.148. The molecule has 3 rings (SSSR count). The van der Waals surface area contributed by atoms with Gasteiger partial charge in [0.05, 0.1) is 5.41 Å². The molecule has 0 unspecified atom stereocenters. The maximum Gasteiger partial charge on any atom is 0.309 e. The van der Waals surface area contributed by atoms with E-state index in [1.807, 2.05) is 55.5 Å². The van der Waals surface area contributed by atoms with E-state index in [-0.39, 0.29) is 0 Å². The fourth-order valence-electron chi connectivity index (χ4n) is 2.78. The molecule has 0 amide bonds. The standard InChI is InChI=1S/C23H22O3/c1-4-23(3,22(24)25)15-20-14-19-13-18(11-12-21(19)26-20)10-9-17-7-5-16(2)6-8-17/h5-8,11-14H,4,15H2,1-3H3,(H,24,25)/t23-/m1/s1. The highest BCUT2D eigenvalue weighted by molar-refractivity contribution is 5.80. The topological polar surface area (TPSA) is 50.4 Å². The van der Waals surface area contributed by atoms with E-state index in [0.29, 0.717) is 18.6 Å². The van der Waals surface area contributed by atoms with Crippen LogP contribution in [0.2, 0.25) is 0 Å². The fraction of sp³-hybridized carbons (Fsp3) is 0.261. The third kappa shape index (κ3) is 3.81. The first-order valence-corrected chi connectivity index (χ1v) is 8.74. The number of fused-ring (bicyclic) bond motifs is 1. The van der Waals surface area contributed by atoms with Crippen molar-refractivity contribution in [1.29, 1.82) is 0 Å². The van der Waals surface area contributed by atoms with Crippen LogP contribution < -0.4 is 0 Å². The molecular weight excluding hydrogens is 324 g/mol.